The van der Waals surface area contributed by atoms with Crippen LogP contribution < -0.4 is 4.90 Å². The number of hydrogen-bond acceptors (Lipinski definition) is 5. The molecule has 1 aliphatic rings. The van der Waals surface area contributed by atoms with Crippen LogP contribution in [0.25, 0.3) is 38.0 Å². The van der Waals surface area contributed by atoms with Crippen molar-refractivity contribution in [2.75, 3.05) is 31.2 Å². The second kappa shape index (κ2) is 7.23. The van der Waals surface area contributed by atoms with Gasteiger partial charge in [0.1, 0.15) is 0 Å². The Morgan fingerprint density at radius 1 is 0.867 bits per heavy atom. The number of fused-ring (bicyclic) bond motifs is 2. The van der Waals surface area contributed by atoms with Crippen LogP contribution in [0.4, 0.5) is 5.69 Å². The molecule has 0 N–H and O–H groups in total. The van der Waals surface area contributed by atoms with Gasteiger partial charge >= 0.3 is 0 Å². The van der Waals surface area contributed by atoms with Crippen molar-refractivity contribution in [3.05, 3.63) is 72.5 Å². The third kappa shape index (κ3) is 2.96. The van der Waals surface area contributed by atoms with Gasteiger partial charge in [0.15, 0.2) is 5.65 Å². The van der Waals surface area contributed by atoms with Gasteiger partial charge in [0.05, 0.1) is 19.4 Å². The molecule has 0 aliphatic carbocycles. The van der Waals surface area contributed by atoms with E-state index in [1.165, 1.54) is 21.3 Å². The fourth-order valence-corrected chi connectivity index (χ4v) is 5.05. The Morgan fingerprint density at radius 3 is 2.57 bits per heavy atom. The van der Waals surface area contributed by atoms with Gasteiger partial charge in [0.2, 0.25) is 0 Å². The lowest BCUT2D eigenvalue weighted by Crippen LogP contribution is -2.36. The summed E-state index contributed by atoms with van der Waals surface area (Å²) >= 11 is 1.76. The average molecular weight is 413 g/mol. The zero-order chi connectivity index (χ0) is 19.9. The number of nitrogens with zero attached hydrogens (tertiary/aromatic N) is 4. The highest BCUT2D eigenvalue weighted by atomic mass is 32.1. The van der Waals surface area contributed by atoms with Crippen LogP contribution in [-0.4, -0.2) is 40.9 Å². The van der Waals surface area contributed by atoms with Gasteiger partial charge in [-0.2, -0.15) is 5.10 Å². The predicted octanol–water partition coefficient (Wildman–Crippen LogP) is 5.11. The van der Waals surface area contributed by atoms with E-state index in [1.807, 2.05) is 16.9 Å². The predicted molar refractivity (Wildman–Crippen MR) is 122 cm³/mol. The van der Waals surface area contributed by atoms with Crippen molar-refractivity contribution in [3.63, 3.8) is 0 Å². The Labute approximate surface area is 178 Å². The molecule has 1 fully saturated rings. The summed E-state index contributed by atoms with van der Waals surface area (Å²) in [5.41, 5.74) is 6.58. The number of benzene rings is 2. The quantitative estimate of drug-likeness (QED) is 0.413. The molecule has 1 aliphatic heterocycles. The van der Waals surface area contributed by atoms with E-state index in [9.17, 15) is 0 Å². The molecule has 5 nitrogen and oxygen atoms in total. The van der Waals surface area contributed by atoms with Crippen LogP contribution in [0.2, 0.25) is 0 Å². The summed E-state index contributed by atoms with van der Waals surface area (Å²) in [6.07, 6.45) is 5.92. The van der Waals surface area contributed by atoms with Crippen LogP contribution >= 0.6 is 11.3 Å². The van der Waals surface area contributed by atoms with Crippen LogP contribution in [-0.2, 0) is 4.74 Å². The lowest BCUT2D eigenvalue weighted by atomic mass is 10.1. The summed E-state index contributed by atoms with van der Waals surface area (Å²) in [5, 5.41) is 8.04. The molecule has 0 saturated carbocycles. The Kier molecular flexibility index (Phi) is 4.25. The van der Waals surface area contributed by atoms with Gasteiger partial charge in [0, 0.05) is 57.9 Å². The summed E-state index contributed by atoms with van der Waals surface area (Å²) in [6, 6.07) is 17.1. The number of anilines is 1. The molecule has 0 spiro atoms. The van der Waals surface area contributed by atoms with Gasteiger partial charge in [-0.1, -0.05) is 30.3 Å². The number of hydrogen-bond donors (Lipinski definition) is 0. The van der Waals surface area contributed by atoms with Crippen molar-refractivity contribution in [1.29, 1.82) is 0 Å². The molecule has 1 saturated heterocycles. The highest BCUT2D eigenvalue weighted by Crippen LogP contribution is 2.35. The van der Waals surface area contributed by atoms with Crippen molar-refractivity contribution in [2.45, 2.75) is 0 Å². The second-order valence-electron chi connectivity index (χ2n) is 7.46. The van der Waals surface area contributed by atoms with Crippen molar-refractivity contribution in [1.82, 2.24) is 14.6 Å². The van der Waals surface area contributed by atoms with E-state index in [0.29, 0.717) is 0 Å². The summed E-state index contributed by atoms with van der Waals surface area (Å²) in [5.74, 6) is 0. The zero-order valence-electron chi connectivity index (χ0n) is 16.4. The molecule has 0 atom stereocenters. The van der Waals surface area contributed by atoms with E-state index in [-0.39, 0.29) is 0 Å². The molecule has 5 aromatic rings. The van der Waals surface area contributed by atoms with E-state index in [0.717, 1.165) is 48.6 Å². The van der Waals surface area contributed by atoms with Gasteiger partial charge in [-0.3, -0.25) is 0 Å². The van der Waals surface area contributed by atoms with Crippen LogP contribution in [0.5, 0.6) is 0 Å². The maximum atomic E-state index is 5.45. The number of ether oxygens (including phenoxy) is 1. The lowest BCUT2D eigenvalue weighted by Gasteiger charge is -2.28. The molecule has 2 aromatic carbocycles. The van der Waals surface area contributed by atoms with E-state index in [2.05, 4.69) is 70.1 Å². The van der Waals surface area contributed by atoms with Gasteiger partial charge in [-0.05, 0) is 29.1 Å². The zero-order valence-corrected chi connectivity index (χ0v) is 17.2. The van der Waals surface area contributed by atoms with E-state index in [4.69, 9.17) is 9.72 Å². The molecule has 6 rings (SSSR count). The van der Waals surface area contributed by atoms with E-state index >= 15 is 0 Å². The number of rotatable bonds is 3. The monoisotopic (exact) mass is 412 g/mol. The normalized spacial score (nSPS) is 14.6. The maximum Gasteiger partial charge on any atom is 0.162 e. The molecule has 30 heavy (non-hydrogen) atoms. The Bertz CT molecular complexity index is 1330. The Balaban J connectivity index is 1.34. The minimum Gasteiger partial charge on any atom is -0.378 e. The van der Waals surface area contributed by atoms with Crippen LogP contribution in [0.15, 0.2) is 72.5 Å². The van der Waals surface area contributed by atoms with Crippen molar-refractivity contribution >= 4 is 32.8 Å². The van der Waals surface area contributed by atoms with Crippen LogP contribution in [0.1, 0.15) is 0 Å². The number of thiophene rings is 1. The first-order valence-electron chi connectivity index (χ1n) is 10.1. The molecule has 3 aromatic heterocycles. The highest BCUT2D eigenvalue weighted by molar-refractivity contribution is 7.17. The third-order valence-electron chi connectivity index (χ3n) is 5.70. The number of aromatic nitrogens is 3. The van der Waals surface area contributed by atoms with Crippen LogP contribution in [0.3, 0.4) is 0 Å². The van der Waals surface area contributed by atoms with Crippen molar-refractivity contribution in [3.8, 4) is 22.3 Å². The van der Waals surface area contributed by atoms with Gasteiger partial charge in [-0.25, -0.2) is 9.50 Å². The lowest BCUT2D eigenvalue weighted by molar-refractivity contribution is 0.122. The molecule has 0 bridgehead atoms. The maximum absolute atomic E-state index is 5.45. The van der Waals surface area contributed by atoms with Gasteiger partial charge in [-0.15, -0.1) is 11.3 Å². The molecular weight excluding hydrogens is 392 g/mol. The molecule has 148 valence electrons. The van der Waals surface area contributed by atoms with E-state index < -0.39 is 0 Å². The van der Waals surface area contributed by atoms with Crippen LogP contribution in [0, 0.1) is 0 Å². The first-order valence-corrected chi connectivity index (χ1v) is 11.0. The molecule has 0 radical (unpaired) electrons. The largest absolute Gasteiger partial charge is 0.378 e. The summed E-state index contributed by atoms with van der Waals surface area (Å²) in [7, 11) is 0. The average Bonchev–Trinajstić information content (AvgIpc) is 3.43. The van der Waals surface area contributed by atoms with E-state index in [1.54, 1.807) is 11.3 Å². The molecule has 0 amide bonds. The third-order valence-corrected chi connectivity index (χ3v) is 6.67. The van der Waals surface area contributed by atoms with Gasteiger partial charge in [0.25, 0.3) is 0 Å². The Morgan fingerprint density at radius 2 is 1.70 bits per heavy atom. The molecular formula is C24H20N4OS. The minimum absolute atomic E-state index is 0.795. The molecule has 0 unspecified atom stereocenters. The first-order chi connectivity index (χ1) is 14.9. The number of morpholine rings is 1. The highest BCUT2D eigenvalue weighted by Gasteiger charge is 2.14. The summed E-state index contributed by atoms with van der Waals surface area (Å²) in [4.78, 5) is 7.13. The molecule has 4 heterocycles. The topological polar surface area (TPSA) is 42.7 Å². The second-order valence-corrected chi connectivity index (χ2v) is 8.37. The van der Waals surface area contributed by atoms with Crippen molar-refractivity contribution < 1.29 is 4.74 Å². The van der Waals surface area contributed by atoms with Crippen molar-refractivity contribution in [2.24, 2.45) is 0 Å². The summed E-state index contributed by atoms with van der Waals surface area (Å²) < 4.78 is 8.61. The minimum atomic E-state index is 0.795. The first kappa shape index (κ1) is 17.6. The molecule has 6 heteroatoms. The SMILES string of the molecule is c1ccc2c(-c3cnn4cc(-c5ccc(N6CCOCC6)cc5)cnc34)csc2c1. The fraction of sp³-hybridized carbons (Fsp3) is 0.167. The smallest absolute Gasteiger partial charge is 0.162 e. The Hall–Kier alpha value is -3.22. The standard InChI is InChI=1S/C24H20N4OS/c1-2-4-23-20(3-1)22(16-30-23)21-14-26-28-15-18(13-25-24(21)28)17-5-7-19(8-6-17)27-9-11-29-12-10-27/h1-8,13-16H,9-12H2. The van der Waals surface area contributed by atoms with Gasteiger partial charge < -0.3 is 9.64 Å². The fourth-order valence-electron chi connectivity index (χ4n) is 4.09. The summed E-state index contributed by atoms with van der Waals surface area (Å²) in [6.45, 7) is 3.48.